The number of aryl methyl sites for hydroxylation is 1. The van der Waals surface area contributed by atoms with Crippen LogP contribution >= 0.6 is 15.9 Å². The molecule has 1 saturated heterocycles. The lowest BCUT2D eigenvalue weighted by Gasteiger charge is -2.36. The molecule has 0 N–H and O–H groups in total. The lowest BCUT2D eigenvalue weighted by Crippen LogP contribution is -2.48. The number of nitrogens with zero attached hydrogens (tertiary/aromatic N) is 3. The van der Waals surface area contributed by atoms with E-state index < -0.39 is 6.17 Å². The highest BCUT2D eigenvalue weighted by Crippen LogP contribution is 2.28. The van der Waals surface area contributed by atoms with Crippen LogP contribution in [0.4, 0.5) is 10.1 Å². The number of alkyl halides is 1. The molecule has 2 aromatic heterocycles. The van der Waals surface area contributed by atoms with E-state index in [0.717, 1.165) is 26.8 Å². The first-order valence-corrected chi connectivity index (χ1v) is 7.38. The second kappa shape index (κ2) is 4.19. The Morgan fingerprint density at radius 3 is 2.85 bits per heavy atom. The summed E-state index contributed by atoms with van der Waals surface area (Å²) in [5.41, 5.74) is 5.19. The standard InChI is InChI=1S/C15H13BrFN3/c1-9-4-14-13(6-12(9)16)18-15-5-11(2-3-20(14)15)19-7-10(17)8-19/h2-6,10H,7-8H2,1H3. The number of fused-ring (bicyclic) bond motifs is 3. The maximum atomic E-state index is 13.0. The molecule has 1 fully saturated rings. The van der Waals surface area contributed by atoms with Gasteiger partial charge in [-0.15, -0.1) is 0 Å². The van der Waals surface area contributed by atoms with E-state index in [1.54, 1.807) is 0 Å². The molecule has 3 aromatic rings. The number of halogens is 2. The van der Waals surface area contributed by atoms with Crippen LogP contribution in [0.3, 0.4) is 0 Å². The molecule has 0 aliphatic carbocycles. The molecule has 1 aromatic carbocycles. The van der Waals surface area contributed by atoms with Gasteiger partial charge in [0.25, 0.3) is 0 Å². The van der Waals surface area contributed by atoms with E-state index in [4.69, 9.17) is 0 Å². The average molecular weight is 334 g/mol. The van der Waals surface area contributed by atoms with Crippen molar-refractivity contribution in [1.82, 2.24) is 9.38 Å². The van der Waals surface area contributed by atoms with Crippen molar-refractivity contribution in [3.8, 4) is 0 Å². The average Bonchev–Trinajstić information content (AvgIpc) is 2.72. The van der Waals surface area contributed by atoms with Gasteiger partial charge < -0.3 is 4.90 Å². The number of hydrogen-bond donors (Lipinski definition) is 0. The van der Waals surface area contributed by atoms with Crippen LogP contribution in [-0.2, 0) is 0 Å². The normalized spacial score (nSPS) is 16.1. The smallest absolute Gasteiger partial charge is 0.139 e. The number of hydrogen-bond acceptors (Lipinski definition) is 2. The maximum absolute atomic E-state index is 13.0. The van der Waals surface area contributed by atoms with Crippen molar-refractivity contribution in [3.63, 3.8) is 0 Å². The highest BCUT2D eigenvalue weighted by molar-refractivity contribution is 9.10. The van der Waals surface area contributed by atoms with Crippen molar-refractivity contribution in [1.29, 1.82) is 0 Å². The Morgan fingerprint density at radius 1 is 1.30 bits per heavy atom. The number of imidazole rings is 1. The van der Waals surface area contributed by atoms with Crippen LogP contribution in [0.5, 0.6) is 0 Å². The minimum Gasteiger partial charge on any atom is -0.365 e. The largest absolute Gasteiger partial charge is 0.365 e. The van der Waals surface area contributed by atoms with Crippen molar-refractivity contribution in [2.24, 2.45) is 0 Å². The molecule has 0 amide bonds. The number of rotatable bonds is 1. The van der Waals surface area contributed by atoms with Gasteiger partial charge in [0, 0.05) is 22.4 Å². The van der Waals surface area contributed by atoms with E-state index in [1.807, 2.05) is 29.3 Å². The molecule has 1 aliphatic rings. The first kappa shape index (κ1) is 12.1. The van der Waals surface area contributed by atoms with E-state index >= 15 is 0 Å². The van der Waals surface area contributed by atoms with E-state index in [-0.39, 0.29) is 0 Å². The molecule has 102 valence electrons. The monoisotopic (exact) mass is 333 g/mol. The lowest BCUT2D eigenvalue weighted by atomic mass is 10.1. The molecule has 0 unspecified atom stereocenters. The molecule has 3 nitrogen and oxygen atoms in total. The van der Waals surface area contributed by atoms with Gasteiger partial charge in [-0.1, -0.05) is 15.9 Å². The van der Waals surface area contributed by atoms with E-state index in [1.165, 1.54) is 5.56 Å². The first-order valence-electron chi connectivity index (χ1n) is 6.59. The van der Waals surface area contributed by atoms with Gasteiger partial charge in [-0.2, -0.15) is 0 Å². The second-order valence-corrected chi connectivity index (χ2v) is 6.17. The first-order chi connectivity index (χ1) is 9.61. The van der Waals surface area contributed by atoms with Crippen LogP contribution in [0, 0.1) is 6.92 Å². The summed E-state index contributed by atoms with van der Waals surface area (Å²) in [7, 11) is 0. The number of aromatic nitrogens is 2. The zero-order valence-corrected chi connectivity index (χ0v) is 12.6. The molecule has 0 spiro atoms. The Morgan fingerprint density at radius 2 is 2.10 bits per heavy atom. The molecular weight excluding hydrogens is 321 g/mol. The quantitative estimate of drug-likeness (QED) is 0.676. The van der Waals surface area contributed by atoms with Crippen LogP contribution < -0.4 is 4.90 Å². The second-order valence-electron chi connectivity index (χ2n) is 5.32. The Labute approximate surface area is 124 Å². The van der Waals surface area contributed by atoms with Crippen molar-refractivity contribution in [2.75, 3.05) is 18.0 Å². The minimum absolute atomic E-state index is 0.487. The van der Waals surface area contributed by atoms with Gasteiger partial charge in [0.05, 0.1) is 24.1 Å². The Bertz CT molecular complexity index is 821. The molecule has 3 heterocycles. The lowest BCUT2D eigenvalue weighted by molar-refractivity contribution is 0.275. The fourth-order valence-corrected chi connectivity index (χ4v) is 2.99. The van der Waals surface area contributed by atoms with Gasteiger partial charge in [-0.3, -0.25) is 4.40 Å². The van der Waals surface area contributed by atoms with Gasteiger partial charge in [-0.25, -0.2) is 9.37 Å². The third-order valence-electron chi connectivity index (χ3n) is 3.87. The van der Waals surface area contributed by atoms with Gasteiger partial charge in [0.1, 0.15) is 11.8 Å². The zero-order valence-electron chi connectivity index (χ0n) is 11.0. The summed E-state index contributed by atoms with van der Waals surface area (Å²) in [6.07, 6.45) is 1.32. The molecule has 1 aliphatic heterocycles. The maximum Gasteiger partial charge on any atom is 0.139 e. The molecule has 20 heavy (non-hydrogen) atoms. The molecule has 0 atom stereocenters. The predicted molar refractivity (Wildman–Crippen MR) is 82.2 cm³/mol. The molecule has 5 heteroatoms. The minimum atomic E-state index is -0.691. The van der Waals surface area contributed by atoms with E-state index in [2.05, 4.69) is 38.3 Å². The summed E-state index contributed by atoms with van der Waals surface area (Å²) in [5, 5.41) is 0. The highest BCUT2D eigenvalue weighted by Gasteiger charge is 2.26. The van der Waals surface area contributed by atoms with Crippen LogP contribution in [-0.4, -0.2) is 28.6 Å². The van der Waals surface area contributed by atoms with Crippen LogP contribution in [0.15, 0.2) is 34.9 Å². The molecule has 0 bridgehead atoms. The summed E-state index contributed by atoms with van der Waals surface area (Å²) >= 11 is 3.54. The van der Waals surface area contributed by atoms with Crippen LogP contribution in [0.2, 0.25) is 0 Å². The van der Waals surface area contributed by atoms with Crippen LogP contribution in [0.1, 0.15) is 5.56 Å². The summed E-state index contributed by atoms with van der Waals surface area (Å²) in [6, 6.07) is 8.21. The molecular formula is C15H13BrFN3. The Kier molecular flexibility index (Phi) is 2.54. The topological polar surface area (TPSA) is 20.5 Å². The summed E-state index contributed by atoms with van der Waals surface area (Å²) < 4.78 is 16.1. The predicted octanol–water partition coefficient (Wildman–Crippen LogP) is 3.72. The highest BCUT2D eigenvalue weighted by atomic mass is 79.9. The fraction of sp³-hybridized carbons (Fsp3) is 0.267. The molecule has 0 saturated carbocycles. The molecule has 4 rings (SSSR count). The zero-order chi connectivity index (χ0) is 13.9. The summed E-state index contributed by atoms with van der Waals surface area (Å²) in [5.74, 6) is 0. The number of benzene rings is 1. The number of pyridine rings is 1. The summed E-state index contributed by atoms with van der Waals surface area (Å²) in [4.78, 5) is 6.68. The Balaban J connectivity index is 1.88. The van der Waals surface area contributed by atoms with Crippen LogP contribution in [0.25, 0.3) is 16.7 Å². The SMILES string of the molecule is Cc1cc2c(cc1Br)nc1cc(N3CC(F)C3)ccn12. The third kappa shape index (κ3) is 1.73. The van der Waals surface area contributed by atoms with Crippen molar-refractivity contribution in [3.05, 3.63) is 40.5 Å². The Hall–Kier alpha value is -1.62. The van der Waals surface area contributed by atoms with Gasteiger partial charge in [0.15, 0.2) is 0 Å². The van der Waals surface area contributed by atoms with Crippen molar-refractivity contribution in [2.45, 2.75) is 13.1 Å². The van der Waals surface area contributed by atoms with E-state index in [0.29, 0.717) is 13.1 Å². The summed E-state index contributed by atoms with van der Waals surface area (Å²) in [6.45, 7) is 3.04. The van der Waals surface area contributed by atoms with Gasteiger partial charge in [-0.05, 0) is 30.7 Å². The van der Waals surface area contributed by atoms with Gasteiger partial charge in [0.2, 0.25) is 0 Å². The third-order valence-corrected chi connectivity index (χ3v) is 4.72. The van der Waals surface area contributed by atoms with E-state index in [9.17, 15) is 4.39 Å². The van der Waals surface area contributed by atoms with Gasteiger partial charge >= 0.3 is 0 Å². The molecule has 0 radical (unpaired) electrons. The fourth-order valence-electron chi connectivity index (χ4n) is 2.66. The van der Waals surface area contributed by atoms with Crippen molar-refractivity contribution >= 4 is 38.3 Å². The number of anilines is 1. The van der Waals surface area contributed by atoms with Crippen molar-refractivity contribution < 1.29 is 4.39 Å².